The number of ether oxygens (including phenoxy) is 2. The van der Waals surface area contributed by atoms with Gasteiger partial charge >= 0.3 is 0 Å². The Labute approximate surface area is 102 Å². The van der Waals surface area contributed by atoms with Crippen LogP contribution in [0.4, 0.5) is 0 Å². The van der Waals surface area contributed by atoms with Gasteiger partial charge < -0.3 is 9.47 Å². The van der Waals surface area contributed by atoms with Gasteiger partial charge in [0.25, 0.3) is 0 Å². The third kappa shape index (κ3) is 4.95. The molecular weight excluding hydrogens is 218 g/mol. The van der Waals surface area contributed by atoms with Gasteiger partial charge in [0, 0.05) is 12.3 Å². The molecule has 0 saturated carbocycles. The third-order valence-electron chi connectivity index (χ3n) is 2.07. The van der Waals surface area contributed by atoms with Crippen molar-refractivity contribution in [2.75, 3.05) is 19.8 Å². The van der Waals surface area contributed by atoms with E-state index in [9.17, 15) is 4.79 Å². The molecule has 4 heteroatoms. The van der Waals surface area contributed by atoms with Crippen LogP contribution < -0.4 is 4.74 Å². The molecule has 0 atom stereocenters. The first-order valence-electron chi connectivity index (χ1n) is 5.77. The number of pyridine rings is 1. The highest BCUT2D eigenvalue weighted by Crippen LogP contribution is 2.14. The Morgan fingerprint density at radius 3 is 2.76 bits per heavy atom. The molecule has 1 aromatic heterocycles. The van der Waals surface area contributed by atoms with E-state index in [0.29, 0.717) is 36.9 Å². The number of aldehydes is 1. The van der Waals surface area contributed by atoms with E-state index in [0.717, 1.165) is 12.3 Å². The molecule has 17 heavy (non-hydrogen) atoms. The van der Waals surface area contributed by atoms with Crippen molar-refractivity contribution in [2.45, 2.75) is 20.8 Å². The van der Waals surface area contributed by atoms with Gasteiger partial charge in [0.15, 0.2) is 6.29 Å². The second-order valence-electron chi connectivity index (χ2n) is 4.27. The lowest BCUT2D eigenvalue weighted by Gasteiger charge is -2.09. The van der Waals surface area contributed by atoms with Crippen molar-refractivity contribution in [1.82, 2.24) is 4.98 Å². The molecule has 1 heterocycles. The minimum absolute atomic E-state index is 0.342. The van der Waals surface area contributed by atoms with Gasteiger partial charge in [-0.3, -0.25) is 4.79 Å². The van der Waals surface area contributed by atoms with Crippen LogP contribution in [0.15, 0.2) is 12.1 Å². The highest BCUT2D eigenvalue weighted by atomic mass is 16.5. The monoisotopic (exact) mass is 237 g/mol. The molecule has 0 aliphatic rings. The molecule has 0 bridgehead atoms. The largest absolute Gasteiger partial charge is 0.489 e. The Kier molecular flexibility index (Phi) is 5.63. The summed E-state index contributed by atoms with van der Waals surface area (Å²) < 4.78 is 10.8. The fourth-order valence-electron chi connectivity index (χ4n) is 1.30. The summed E-state index contributed by atoms with van der Waals surface area (Å²) in [6.07, 6.45) is 0.706. The smallest absolute Gasteiger partial charge is 0.172 e. The van der Waals surface area contributed by atoms with Crippen molar-refractivity contribution in [3.63, 3.8) is 0 Å². The summed E-state index contributed by atoms with van der Waals surface area (Å²) >= 11 is 0. The molecule has 0 spiro atoms. The topological polar surface area (TPSA) is 48.4 Å². The number of hydrogen-bond donors (Lipinski definition) is 0. The van der Waals surface area contributed by atoms with Gasteiger partial charge in [0.05, 0.1) is 6.61 Å². The standard InChI is InChI=1S/C13H19NO3/c1-10(2)9-16-6-7-17-13-5-4-11(3)14-12(13)8-15/h4-5,8,10H,6-7,9H2,1-3H3. The van der Waals surface area contributed by atoms with Crippen molar-refractivity contribution in [3.8, 4) is 5.75 Å². The maximum Gasteiger partial charge on any atom is 0.172 e. The minimum Gasteiger partial charge on any atom is -0.489 e. The van der Waals surface area contributed by atoms with E-state index < -0.39 is 0 Å². The summed E-state index contributed by atoms with van der Waals surface area (Å²) in [5, 5.41) is 0. The van der Waals surface area contributed by atoms with Crippen LogP contribution in [-0.4, -0.2) is 31.1 Å². The minimum atomic E-state index is 0.342. The van der Waals surface area contributed by atoms with Gasteiger partial charge in [-0.05, 0) is 25.0 Å². The third-order valence-corrected chi connectivity index (χ3v) is 2.07. The van der Waals surface area contributed by atoms with Crippen LogP contribution in [0.3, 0.4) is 0 Å². The van der Waals surface area contributed by atoms with Crippen molar-refractivity contribution in [1.29, 1.82) is 0 Å². The highest BCUT2D eigenvalue weighted by molar-refractivity contribution is 5.76. The molecule has 0 fully saturated rings. The number of carbonyl (C=O) groups excluding carboxylic acids is 1. The van der Waals surface area contributed by atoms with E-state index in [1.165, 1.54) is 0 Å². The molecule has 0 radical (unpaired) electrons. The van der Waals surface area contributed by atoms with Crippen molar-refractivity contribution in [3.05, 3.63) is 23.5 Å². The molecule has 1 rings (SSSR count). The zero-order valence-electron chi connectivity index (χ0n) is 10.6. The first kappa shape index (κ1) is 13.6. The maximum atomic E-state index is 10.8. The lowest BCUT2D eigenvalue weighted by Crippen LogP contribution is -2.11. The Hall–Kier alpha value is -1.42. The van der Waals surface area contributed by atoms with Crippen LogP contribution in [0.2, 0.25) is 0 Å². The van der Waals surface area contributed by atoms with Crippen LogP contribution >= 0.6 is 0 Å². The zero-order chi connectivity index (χ0) is 12.7. The van der Waals surface area contributed by atoms with Crippen molar-refractivity contribution >= 4 is 6.29 Å². The molecule has 0 N–H and O–H groups in total. The van der Waals surface area contributed by atoms with Gasteiger partial charge in [0.1, 0.15) is 18.1 Å². The quantitative estimate of drug-likeness (QED) is 0.539. The SMILES string of the molecule is Cc1ccc(OCCOCC(C)C)c(C=O)n1. The number of rotatable bonds is 7. The van der Waals surface area contributed by atoms with Crippen LogP contribution in [0, 0.1) is 12.8 Å². The molecule has 0 aliphatic carbocycles. The molecule has 0 aromatic carbocycles. The Morgan fingerprint density at radius 2 is 2.12 bits per heavy atom. The fourth-order valence-corrected chi connectivity index (χ4v) is 1.30. The first-order valence-corrected chi connectivity index (χ1v) is 5.77. The second-order valence-corrected chi connectivity index (χ2v) is 4.27. The Balaban J connectivity index is 2.38. The molecule has 0 saturated heterocycles. The predicted molar refractivity (Wildman–Crippen MR) is 65.5 cm³/mol. The Bertz CT molecular complexity index is 364. The van der Waals surface area contributed by atoms with E-state index in [1.807, 2.05) is 13.0 Å². The number of aromatic nitrogens is 1. The van der Waals surface area contributed by atoms with Gasteiger partial charge in [-0.2, -0.15) is 0 Å². The van der Waals surface area contributed by atoms with E-state index in [4.69, 9.17) is 9.47 Å². The summed E-state index contributed by atoms with van der Waals surface area (Å²) in [6, 6.07) is 3.58. The summed E-state index contributed by atoms with van der Waals surface area (Å²) in [4.78, 5) is 14.9. The van der Waals surface area contributed by atoms with Gasteiger partial charge in [-0.15, -0.1) is 0 Å². The molecule has 0 aliphatic heterocycles. The molecular formula is C13H19NO3. The predicted octanol–water partition coefficient (Wildman–Crippen LogP) is 2.25. The summed E-state index contributed by atoms with van der Waals surface area (Å²) in [5.41, 5.74) is 1.14. The number of aryl methyl sites for hydroxylation is 1. The van der Waals surface area contributed by atoms with E-state index >= 15 is 0 Å². The molecule has 0 amide bonds. The maximum absolute atomic E-state index is 10.8. The number of nitrogens with zero attached hydrogens (tertiary/aromatic N) is 1. The molecule has 4 nitrogen and oxygen atoms in total. The van der Waals surface area contributed by atoms with Crippen molar-refractivity contribution < 1.29 is 14.3 Å². The first-order chi connectivity index (χ1) is 8.13. The lowest BCUT2D eigenvalue weighted by molar-refractivity contribution is 0.0812. The van der Waals surface area contributed by atoms with E-state index in [-0.39, 0.29) is 0 Å². The average molecular weight is 237 g/mol. The van der Waals surface area contributed by atoms with Crippen molar-refractivity contribution in [2.24, 2.45) is 5.92 Å². The van der Waals surface area contributed by atoms with Crippen LogP contribution in [0.1, 0.15) is 30.0 Å². The summed E-state index contributed by atoms with van der Waals surface area (Å²) in [5.74, 6) is 1.03. The van der Waals surface area contributed by atoms with E-state index in [2.05, 4.69) is 18.8 Å². The summed E-state index contributed by atoms with van der Waals surface area (Å²) in [6.45, 7) is 7.69. The zero-order valence-corrected chi connectivity index (χ0v) is 10.6. The van der Waals surface area contributed by atoms with E-state index in [1.54, 1.807) is 6.07 Å². The van der Waals surface area contributed by atoms with Gasteiger partial charge in [-0.25, -0.2) is 4.98 Å². The highest BCUT2D eigenvalue weighted by Gasteiger charge is 2.04. The molecule has 94 valence electrons. The summed E-state index contributed by atoms with van der Waals surface area (Å²) in [7, 11) is 0. The van der Waals surface area contributed by atoms with Crippen LogP contribution in [0.5, 0.6) is 5.75 Å². The average Bonchev–Trinajstić information content (AvgIpc) is 2.29. The van der Waals surface area contributed by atoms with Crippen LogP contribution in [-0.2, 0) is 4.74 Å². The number of hydrogen-bond acceptors (Lipinski definition) is 4. The normalized spacial score (nSPS) is 10.6. The van der Waals surface area contributed by atoms with Gasteiger partial charge in [0.2, 0.25) is 0 Å². The molecule has 1 aromatic rings. The second kappa shape index (κ2) is 7.01. The lowest BCUT2D eigenvalue weighted by atomic mass is 10.2. The fraction of sp³-hybridized carbons (Fsp3) is 0.538. The number of carbonyl (C=O) groups is 1. The van der Waals surface area contributed by atoms with Gasteiger partial charge in [-0.1, -0.05) is 13.8 Å². The molecule has 0 unspecified atom stereocenters. The van der Waals surface area contributed by atoms with Crippen LogP contribution in [0.25, 0.3) is 0 Å². The Morgan fingerprint density at radius 1 is 1.35 bits per heavy atom.